The molecule has 0 radical (unpaired) electrons. The molecular formula is C19H18F3N3O4S. The molecule has 2 aliphatic heterocycles. The van der Waals surface area contributed by atoms with Crippen LogP contribution in [0, 0.1) is 0 Å². The average Bonchev–Trinajstić information content (AvgIpc) is 2.86. The molecule has 2 aliphatic rings. The molecule has 0 spiro atoms. The van der Waals surface area contributed by atoms with Gasteiger partial charge < -0.3 is 18.7 Å². The third kappa shape index (κ3) is 3.94. The van der Waals surface area contributed by atoms with Crippen molar-refractivity contribution in [3.8, 4) is 17.2 Å². The van der Waals surface area contributed by atoms with Gasteiger partial charge in [-0.25, -0.2) is 0 Å². The minimum Gasteiger partial charge on any atom is -0.452 e. The van der Waals surface area contributed by atoms with E-state index in [9.17, 15) is 21.6 Å². The second kappa shape index (κ2) is 7.47. The molecule has 0 aliphatic carbocycles. The first kappa shape index (κ1) is 20.5. The molecule has 11 heteroatoms. The maximum absolute atomic E-state index is 12.8. The summed E-state index contributed by atoms with van der Waals surface area (Å²) < 4.78 is 72.0. The number of hydrogen-bond donors (Lipinski definition) is 0. The Morgan fingerprint density at radius 2 is 1.80 bits per heavy atom. The summed E-state index contributed by atoms with van der Waals surface area (Å²) in [6.07, 6.45) is 1.51. The zero-order valence-corrected chi connectivity index (χ0v) is 16.7. The molecule has 160 valence electrons. The highest BCUT2D eigenvalue weighted by atomic mass is 32.2. The van der Waals surface area contributed by atoms with Crippen LogP contribution in [-0.2, 0) is 10.1 Å². The Morgan fingerprint density at radius 1 is 1.10 bits per heavy atom. The van der Waals surface area contributed by atoms with Crippen LogP contribution in [0.4, 0.5) is 24.5 Å². The lowest BCUT2D eigenvalue weighted by molar-refractivity contribution is -0.0500. The minimum absolute atomic E-state index is 0.176. The zero-order chi connectivity index (χ0) is 21.5. The van der Waals surface area contributed by atoms with Crippen molar-refractivity contribution in [2.75, 3.05) is 38.1 Å². The van der Waals surface area contributed by atoms with Crippen molar-refractivity contribution in [2.45, 2.75) is 5.51 Å². The molecule has 7 nitrogen and oxygen atoms in total. The maximum Gasteiger partial charge on any atom is 0.534 e. The number of alkyl halides is 3. The van der Waals surface area contributed by atoms with Crippen molar-refractivity contribution in [3.05, 3.63) is 42.0 Å². The number of fused-ring (bicyclic) bond motifs is 2. The van der Waals surface area contributed by atoms with E-state index in [-0.39, 0.29) is 5.69 Å². The Hall–Kier alpha value is -2.79. The smallest absolute Gasteiger partial charge is 0.452 e. The molecule has 0 unspecified atom stereocenters. The highest BCUT2D eigenvalue weighted by Gasteiger charge is 2.48. The number of para-hydroxylation sites is 1. The number of rotatable bonds is 3. The van der Waals surface area contributed by atoms with Crippen LogP contribution < -0.4 is 13.8 Å². The first-order valence-corrected chi connectivity index (χ1v) is 10.5. The molecular weight excluding hydrogens is 423 g/mol. The SMILES string of the molecule is CN1CCN(c2cc(OS(=O)(=O)C(F)(F)F)cc3c2Oc2ccccc2C=N3)CC1. The molecule has 2 aromatic carbocycles. The van der Waals surface area contributed by atoms with Gasteiger partial charge >= 0.3 is 15.6 Å². The van der Waals surface area contributed by atoms with Crippen molar-refractivity contribution in [2.24, 2.45) is 4.99 Å². The fourth-order valence-corrected chi connectivity index (χ4v) is 3.65. The second-order valence-corrected chi connectivity index (χ2v) is 8.50. The normalized spacial score (nSPS) is 17.0. The number of piperazine rings is 1. The Balaban J connectivity index is 1.81. The monoisotopic (exact) mass is 441 g/mol. The topological polar surface area (TPSA) is 71.4 Å². The van der Waals surface area contributed by atoms with Crippen LogP contribution in [0.3, 0.4) is 0 Å². The summed E-state index contributed by atoms with van der Waals surface area (Å²) in [5.41, 5.74) is -4.26. The van der Waals surface area contributed by atoms with Gasteiger partial charge in [-0.1, -0.05) is 12.1 Å². The molecule has 0 N–H and O–H groups in total. The van der Waals surface area contributed by atoms with Gasteiger partial charge in [0.15, 0.2) is 5.75 Å². The number of aliphatic imine (C=N–C) groups is 1. The first-order chi connectivity index (χ1) is 14.1. The number of hydrogen-bond acceptors (Lipinski definition) is 7. The number of anilines is 1. The Kier molecular flexibility index (Phi) is 5.10. The van der Waals surface area contributed by atoms with Crippen LogP contribution >= 0.6 is 0 Å². The Labute approximate surface area is 171 Å². The predicted molar refractivity (Wildman–Crippen MR) is 106 cm³/mol. The van der Waals surface area contributed by atoms with Crippen molar-refractivity contribution in [1.82, 2.24) is 4.90 Å². The van der Waals surface area contributed by atoms with Gasteiger partial charge in [0.25, 0.3) is 0 Å². The Bertz CT molecular complexity index is 1090. The molecule has 0 amide bonds. The molecule has 30 heavy (non-hydrogen) atoms. The summed E-state index contributed by atoms with van der Waals surface area (Å²) in [5, 5.41) is 0. The van der Waals surface area contributed by atoms with Crippen molar-refractivity contribution >= 4 is 27.7 Å². The van der Waals surface area contributed by atoms with Gasteiger partial charge in [-0.2, -0.15) is 21.6 Å². The summed E-state index contributed by atoms with van der Waals surface area (Å²) in [6.45, 7) is 2.60. The predicted octanol–water partition coefficient (Wildman–Crippen LogP) is 3.52. The Morgan fingerprint density at radius 3 is 2.50 bits per heavy atom. The van der Waals surface area contributed by atoms with Crippen molar-refractivity contribution < 1.29 is 30.5 Å². The number of likely N-dealkylation sites (N-methyl/N-ethyl adjacent to an activating group) is 1. The summed E-state index contributed by atoms with van der Waals surface area (Å²) in [7, 11) is -3.85. The molecule has 0 aromatic heterocycles. The molecule has 2 aromatic rings. The van der Waals surface area contributed by atoms with Gasteiger partial charge in [-0.15, -0.1) is 0 Å². The van der Waals surface area contributed by atoms with Crippen LogP contribution in [0.25, 0.3) is 0 Å². The lowest BCUT2D eigenvalue weighted by Gasteiger charge is -2.35. The van der Waals surface area contributed by atoms with E-state index in [2.05, 4.69) is 14.1 Å². The third-order valence-corrected chi connectivity index (χ3v) is 5.81. The van der Waals surface area contributed by atoms with Gasteiger partial charge in [0.05, 0.1) is 5.69 Å². The van der Waals surface area contributed by atoms with Crippen molar-refractivity contribution in [1.29, 1.82) is 0 Å². The van der Waals surface area contributed by atoms with Gasteiger partial charge in [-0.05, 0) is 19.2 Å². The first-order valence-electron chi connectivity index (χ1n) is 9.07. The van der Waals surface area contributed by atoms with Crippen LogP contribution in [0.5, 0.6) is 17.2 Å². The lowest BCUT2D eigenvalue weighted by Crippen LogP contribution is -2.44. The van der Waals surface area contributed by atoms with Crippen LogP contribution in [-0.4, -0.2) is 58.3 Å². The van der Waals surface area contributed by atoms with Gasteiger partial charge in [0.2, 0.25) is 0 Å². The number of nitrogens with zero attached hydrogens (tertiary/aromatic N) is 3. The number of ether oxygens (including phenoxy) is 1. The van der Waals surface area contributed by atoms with E-state index in [0.717, 1.165) is 19.2 Å². The van der Waals surface area contributed by atoms with E-state index in [4.69, 9.17) is 4.74 Å². The molecule has 1 fully saturated rings. The highest BCUT2D eigenvalue weighted by Crippen LogP contribution is 2.46. The molecule has 0 saturated carbocycles. The van der Waals surface area contributed by atoms with Crippen LogP contribution in [0.1, 0.15) is 5.56 Å². The number of benzene rings is 2. The standard InChI is InChI=1S/C19H18F3N3O4S/c1-24-6-8-25(9-7-24)16-11-14(29-30(26,27)19(20,21)22)10-15-18(16)28-17-5-3-2-4-13(17)12-23-15/h2-5,10-12H,6-9H2,1H3. The largest absolute Gasteiger partial charge is 0.534 e. The van der Waals surface area contributed by atoms with Crippen LogP contribution in [0.15, 0.2) is 41.4 Å². The zero-order valence-electron chi connectivity index (χ0n) is 15.9. The summed E-state index contributed by atoms with van der Waals surface area (Å²) >= 11 is 0. The third-order valence-electron chi connectivity index (χ3n) is 4.83. The molecule has 4 rings (SSSR count). The average molecular weight is 441 g/mol. The van der Waals surface area contributed by atoms with Gasteiger partial charge in [-0.3, -0.25) is 4.99 Å². The van der Waals surface area contributed by atoms with E-state index in [0.29, 0.717) is 35.8 Å². The molecule has 0 atom stereocenters. The summed E-state index contributed by atoms with van der Waals surface area (Å²) in [6, 6.07) is 9.50. The summed E-state index contributed by atoms with van der Waals surface area (Å²) in [5.74, 6) is 0.385. The maximum atomic E-state index is 12.8. The fraction of sp³-hybridized carbons (Fsp3) is 0.316. The molecule has 1 saturated heterocycles. The molecule has 2 heterocycles. The lowest BCUT2D eigenvalue weighted by atomic mass is 10.2. The number of halogens is 3. The minimum atomic E-state index is -5.82. The highest BCUT2D eigenvalue weighted by molar-refractivity contribution is 7.88. The summed E-state index contributed by atoms with van der Waals surface area (Å²) in [4.78, 5) is 8.33. The van der Waals surface area contributed by atoms with Gasteiger partial charge in [0.1, 0.15) is 17.2 Å². The van der Waals surface area contributed by atoms with E-state index >= 15 is 0 Å². The second-order valence-electron chi connectivity index (χ2n) is 6.96. The molecule has 0 bridgehead atoms. The van der Waals surface area contributed by atoms with E-state index < -0.39 is 21.4 Å². The fourth-order valence-electron chi connectivity index (χ4n) is 3.21. The van der Waals surface area contributed by atoms with Crippen LogP contribution in [0.2, 0.25) is 0 Å². The van der Waals surface area contributed by atoms with E-state index in [1.807, 2.05) is 11.9 Å². The van der Waals surface area contributed by atoms with E-state index in [1.165, 1.54) is 12.3 Å². The quantitative estimate of drug-likeness (QED) is 0.458. The van der Waals surface area contributed by atoms with Gasteiger partial charge in [0, 0.05) is 50.1 Å². The van der Waals surface area contributed by atoms with E-state index in [1.54, 1.807) is 24.3 Å². The van der Waals surface area contributed by atoms with Crippen molar-refractivity contribution in [3.63, 3.8) is 0 Å².